The van der Waals surface area contributed by atoms with E-state index in [0.717, 1.165) is 49.3 Å². The van der Waals surface area contributed by atoms with Gasteiger partial charge in [-0.25, -0.2) is 4.98 Å². The van der Waals surface area contributed by atoms with Crippen molar-refractivity contribution in [3.63, 3.8) is 0 Å². The molecule has 5 heteroatoms. The van der Waals surface area contributed by atoms with Crippen LogP contribution in [0.4, 0.5) is 0 Å². The molecular weight excluding hydrogens is 286 g/mol. The van der Waals surface area contributed by atoms with Crippen LogP contribution >= 0.6 is 11.6 Å². The van der Waals surface area contributed by atoms with Gasteiger partial charge in [-0.2, -0.15) is 0 Å². The predicted octanol–water partition coefficient (Wildman–Crippen LogP) is 2.86. The second kappa shape index (κ2) is 6.00. The highest BCUT2D eigenvalue weighted by molar-refractivity contribution is 6.30. The summed E-state index contributed by atoms with van der Waals surface area (Å²) in [7, 11) is 0. The summed E-state index contributed by atoms with van der Waals surface area (Å²) in [4.78, 5) is 22.2. The fourth-order valence-corrected chi connectivity index (χ4v) is 2.87. The van der Waals surface area contributed by atoms with Crippen molar-refractivity contribution >= 4 is 11.6 Å². The molecule has 2 aromatic rings. The van der Waals surface area contributed by atoms with Crippen molar-refractivity contribution in [3.8, 4) is 11.4 Å². The van der Waals surface area contributed by atoms with Crippen LogP contribution in [-0.2, 0) is 13.0 Å². The van der Waals surface area contributed by atoms with Gasteiger partial charge in [0.05, 0.1) is 5.69 Å². The fourth-order valence-electron chi connectivity index (χ4n) is 2.75. The molecular formula is C16H18ClN3O. The first-order valence-electron chi connectivity index (χ1n) is 7.27. The summed E-state index contributed by atoms with van der Waals surface area (Å²) < 4.78 is 0. The average molecular weight is 304 g/mol. The number of nitrogens with one attached hydrogen (secondary N) is 1. The number of H-pyrrole nitrogens is 1. The first kappa shape index (κ1) is 14.3. The monoisotopic (exact) mass is 303 g/mol. The number of benzene rings is 1. The topological polar surface area (TPSA) is 49.0 Å². The fraction of sp³-hybridized carbons (Fsp3) is 0.375. The summed E-state index contributed by atoms with van der Waals surface area (Å²) >= 11 is 5.90. The van der Waals surface area contributed by atoms with Gasteiger partial charge in [0.1, 0.15) is 5.82 Å². The zero-order chi connectivity index (χ0) is 14.8. The van der Waals surface area contributed by atoms with Crippen LogP contribution in [0.25, 0.3) is 11.4 Å². The highest BCUT2D eigenvalue weighted by Crippen LogP contribution is 2.20. The van der Waals surface area contributed by atoms with Gasteiger partial charge in [-0.15, -0.1) is 0 Å². The summed E-state index contributed by atoms with van der Waals surface area (Å²) in [5, 5.41) is 0.674. The maximum atomic E-state index is 12.2. The van der Waals surface area contributed by atoms with Gasteiger partial charge in [0, 0.05) is 29.2 Å². The van der Waals surface area contributed by atoms with Gasteiger partial charge in [-0.05, 0) is 43.7 Å². The zero-order valence-corrected chi connectivity index (χ0v) is 12.8. The summed E-state index contributed by atoms with van der Waals surface area (Å²) in [5.74, 6) is 0.619. The largest absolute Gasteiger partial charge is 0.306 e. The van der Waals surface area contributed by atoms with Crippen molar-refractivity contribution in [2.45, 2.75) is 26.3 Å². The van der Waals surface area contributed by atoms with Crippen molar-refractivity contribution < 1.29 is 0 Å². The summed E-state index contributed by atoms with van der Waals surface area (Å²) in [6.07, 6.45) is 1.89. The van der Waals surface area contributed by atoms with Crippen LogP contribution in [0.2, 0.25) is 5.02 Å². The molecule has 1 aromatic heterocycles. The normalized spacial score (nSPS) is 15.0. The Hall–Kier alpha value is -1.65. The van der Waals surface area contributed by atoms with E-state index in [2.05, 4.69) is 21.8 Å². The average Bonchev–Trinajstić information content (AvgIpc) is 2.48. The van der Waals surface area contributed by atoms with Gasteiger partial charge >= 0.3 is 0 Å². The standard InChI is InChI=1S/C16H18ClN3O/c1-2-8-20-9-7-13-14(10-20)18-15(19-16(13)21)11-3-5-12(17)6-4-11/h3-6H,2,7-10H2,1H3,(H,18,19,21). The first-order valence-corrected chi connectivity index (χ1v) is 7.65. The van der Waals surface area contributed by atoms with Gasteiger partial charge in [0.25, 0.3) is 5.56 Å². The molecule has 0 radical (unpaired) electrons. The van der Waals surface area contributed by atoms with E-state index in [0.29, 0.717) is 10.8 Å². The molecule has 1 aromatic carbocycles. The predicted molar refractivity (Wildman–Crippen MR) is 84.6 cm³/mol. The lowest BCUT2D eigenvalue weighted by Crippen LogP contribution is -2.35. The molecule has 1 aliphatic rings. The molecule has 0 fully saturated rings. The second-order valence-corrected chi connectivity index (χ2v) is 5.81. The number of halogens is 1. The molecule has 1 aliphatic heterocycles. The minimum Gasteiger partial charge on any atom is -0.306 e. The van der Waals surface area contributed by atoms with Gasteiger partial charge in [0.2, 0.25) is 0 Å². The van der Waals surface area contributed by atoms with Crippen LogP contribution in [0.5, 0.6) is 0 Å². The first-order chi connectivity index (χ1) is 10.2. The summed E-state index contributed by atoms with van der Waals surface area (Å²) in [6, 6.07) is 7.36. The van der Waals surface area contributed by atoms with Gasteiger partial charge < -0.3 is 4.98 Å². The minimum atomic E-state index is -0.0129. The molecule has 0 saturated heterocycles. The Kier molecular flexibility index (Phi) is 4.08. The lowest BCUT2D eigenvalue weighted by atomic mass is 10.1. The minimum absolute atomic E-state index is 0.0129. The maximum Gasteiger partial charge on any atom is 0.254 e. The maximum absolute atomic E-state index is 12.2. The van der Waals surface area contributed by atoms with E-state index < -0.39 is 0 Å². The summed E-state index contributed by atoms with van der Waals surface area (Å²) in [5.41, 5.74) is 2.61. The van der Waals surface area contributed by atoms with Crippen molar-refractivity contribution in [3.05, 3.63) is 50.9 Å². The number of hydrogen-bond acceptors (Lipinski definition) is 3. The van der Waals surface area contributed by atoms with Gasteiger partial charge in [-0.3, -0.25) is 9.69 Å². The zero-order valence-electron chi connectivity index (χ0n) is 12.0. The quantitative estimate of drug-likeness (QED) is 0.948. The smallest absolute Gasteiger partial charge is 0.254 e. The van der Waals surface area contributed by atoms with Crippen LogP contribution in [-0.4, -0.2) is 28.0 Å². The molecule has 21 heavy (non-hydrogen) atoms. The highest BCUT2D eigenvalue weighted by atomic mass is 35.5. The van der Waals surface area contributed by atoms with E-state index in [1.165, 1.54) is 0 Å². The van der Waals surface area contributed by atoms with Crippen LogP contribution in [0.15, 0.2) is 29.1 Å². The number of hydrogen-bond donors (Lipinski definition) is 1. The Labute approximate surface area is 128 Å². The third-order valence-corrected chi connectivity index (χ3v) is 4.06. The molecule has 1 N–H and O–H groups in total. The second-order valence-electron chi connectivity index (χ2n) is 5.37. The number of aromatic amines is 1. The molecule has 3 rings (SSSR count). The van der Waals surface area contributed by atoms with Crippen molar-refractivity contribution in [1.82, 2.24) is 14.9 Å². The summed E-state index contributed by atoms with van der Waals surface area (Å²) in [6.45, 7) is 4.91. The van der Waals surface area contributed by atoms with Crippen LogP contribution in [0.1, 0.15) is 24.6 Å². The van der Waals surface area contributed by atoms with Crippen molar-refractivity contribution in [2.24, 2.45) is 0 Å². The molecule has 0 spiro atoms. The van der Waals surface area contributed by atoms with Crippen LogP contribution < -0.4 is 5.56 Å². The van der Waals surface area contributed by atoms with E-state index in [9.17, 15) is 4.79 Å². The molecule has 0 saturated carbocycles. The Morgan fingerprint density at radius 1 is 1.33 bits per heavy atom. The third-order valence-electron chi connectivity index (χ3n) is 3.81. The Bertz CT molecular complexity index is 694. The highest BCUT2D eigenvalue weighted by Gasteiger charge is 2.20. The van der Waals surface area contributed by atoms with E-state index in [1.807, 2.05) is 12.1 Å². The molecule has 110 valence electrons. The molecule has 0 amide bonds. The van der Waals surface area contributed by atoms with E-state index in [1.54, 1.807) is 12.1 Å². The molecule has 0 aliphatic carbocycles. The molecule has 2 heterocycles. The molecule has 4 nitrogen and oxygen atoms in total. The van der Waals surface area contributed by atoms with E-state index >= 15 is 0 Å². The van der Waals surface area contributed by atoms with Crippen molar-refractivity contribution in [1.29, 1.82) is 0 Å². The van der Waals surface area contributed by atoms with Gasteiger partial charge in [0.15, 0.2) is 0 Å². The lowest BCUT2D eigenvalue weighted by molar-refractivity contribution is 0.250. The van der Waals surface area contributed by atoms with E-state index in [4.69, 9.17) is 11.6 Å². The number of nitrogens with zero attached hydrogens (tertiary/aromatic N) is 2. The van der Waals surface area contributed by atoms with E-state index in [-0.39, 0.29) is 5.56 Å². The van der Waals surface area contributed by atoms with Crippen molar-refractivity contribution in [2.75, 3.05) is 13.1 Å². The molecule has 0 unspecified atom stereocenters. The lowest BCUT2D eigenvalue weighted by Gasteiger charge is -2.27. The SMILES string of the molecule is CCCN1CCc2c(nc(-c3ccc(Cl)cc3)[nH]c2=O)C1. The van der Waals surface area contributed by atoms with Crippen LogP contribution in [0.3, 0.4) is 0 Å². The molecule has 0 bridgehead atoms. The number of rotatable bonds is 3. The Morgan fingerprint density at radius 2 is 2.10 bits per heavy atom. The Morgan fingerprint density at radius 3 is 2.81 bits per heavy atom. The van der Waals surface area contributed by atoms with Crippen LogP contribution in [0, 0.1) is 0 Å². The van der Waals surface area contributed by atoms with Gasteiger partial charge in [-0.1, -0.05) is 18.5 Å². The Balaban J connectivity index is 1.98. The third kappa shape index (κ3) is 3.01. The number of aromatic nitrogens is 2. The molecule has 0 atom stereocenters. The number of fused-ring (bicyclic) bond motifs is 1.